The van der Waals surface area contributed by atoms with Crippen molar-refractivity contribution >= 4 is 40.6 Å². The van der Waals surface area contributed by atoms with Crippen molar-refractivity contribution in [3.8, 4) is 11.5 Å². The van der Waals surface area contributed by atoms with Gasteiger partial charge >= 0.3 is 0 Å². The van der Waals surface area contributed by atoms with Crippen molar-refractivity contribution in [3.05, 3.63) is 56.7 Å². The molecule has 2 aromatic rings. The summed E-state index contributed by atoms with van der Waals surface area (Å²) in [5.41, 5.74) is 4.65. The third kappa shape index (κ3) is 6.18. The van der Waals surface area contributed by atoms with Crippen LogP contribution in [0.5, 0.6) is 11.5 Å². The number of amides is 2. The van der Waals surface area contributed by atoms with E-state index in [1.54, 1.807) is 24.3 Å². The number of ether oxygens (including phenoxy) is 1. The Labute approximate surface area is 183 Å². The quantitative estimate of drug-likeness (QED) is 0.303. The average molecular weight is 509 g/mol. The molecule has 0 aliphatic rings. The van der Waals surface area contributed by atoms with Gasteiger partial charge in [-0.2, -0.15) is 5.10 Å². The van der Waals surface area contributed by atoms with Gasteiger partial charge in [-0.05, 0) is 65.3 Å². The lowest BCUT2D eigenvalue weighted by Crippen LogP contribution is -2.48. The van der Waals surface area contributed by atoms with Crippen molar-refractivity contribution in [2.45, 2.75) is 26.8 Å². The van der Waals surface area contributed by atoms with Gasteiger partial charge in [0, 0.05) is 5.56 Å². The van der Waals surface area contributed by atoms with Crippen LogP contribution >= 0.6 is 22.6 Å². The van der Waals surface area contributed by atoms with E-state index in [1.165, 1.54) is 13.3 Å². The first-order valence-electron chi connectivity index (χ1n) is 9.00. The monoisotopic (exact) mass is 509 g/mol. The van der Waals surface area contributed by atoms with Crippen molar-refractivity contribution < 1.29 is 19.4 Å². The maximum absolute atomic E-state index is 12.5. The molecule has 0 aliphatic carbocycles. The number of phenols is 1. The molecule has 0 fully saturated rings. The zero-order valence-corrected chi connectivity index (χ0v) is 18.9. The topological polar surface area (TPSA) is 100 Å². The molecule has 0 aromatic heterocycles. The highest BCUT2D eigenvalue weighted by Crippen LogP contribution is 2.31. The van der Waals surface area contributed by atoms with E-state index in [2.05, 4.69) is 15.8 Å². The SMILES string of the molecule is COc1cc(C=NNC(=O)C(NC(=O)c2ccc(C)cc2)C(C)C)cc(I)c1O. The number of hydrogen-bond donors (Lipinski definition) is 3. The summed E-state index contributed by atoms with van der Waals surface area (Å²) in [4.78, 5) is 25.0. The van der Waals surface area contributed by atoms with E-state index in [-0.39, 0.29) is 17.6 Å². The number of benzene rings is 2. The van der Waals surface area contributed by atoms with Crippen LogP contribution in [0.1, 0.15) is 35.3 Å². The molecule has 154 valence electrons. The molecule has 0 spiro atoms. The van der Waals surface area contributed by atoms with Gasteiger partial charge in [-0.1, -0.05) is 31.5 Å². The molecule has 8 heteroatoms. The standard InChI is InChI=1S/C21H24IN3O4/c1-12(2)18(24-20(27)15-7-5-13(3)6-8-15)21(28)25-23-11-14-9-16(22)19(26)17(10-14)29-4/h5-12,18,26H,1-4H3,(H,24,27)(H,25,28). The van der Waals surface area contributed by atoms with Crippen LogP contribution in [0.4, 0.5) is 0 Å². The summed E-state index contributed by atoms with van der Waals surface area (Å²) >= 11 is 1.98. The van der Waals surface area contributed by atoms with Gasteiger partial charge in [0.05, 0.1) is 16.9 Å². The molecule has 2 aromatic carbocycles. The number of halogens is 1. The lowest BCUT2D eigenvalue weighted by Gasteiger charge is -2.20. The fraction of sp³-hybridized carbons (Fsp3) is 0.286. The Morgan fingerprint density at radius 2 is 1.86 bits per heavy atom. The molecule has 7 nitrogen and oxygen atoms in total. The Kier molecular flexibility index (Phi) is 8.00. The number of nitrogens with one attached hydrogen (secondary N) is 2. The second kappa shape index (κ2) is 10.2. The molecule has 1 unspecified atom stereocenters. The summed E-state index contributed by atoms with van der Waals surface area (Å²) in [7, 11) is 1.46. The maximum atomic E-state index is 12.5. The van der Waals surface area contributed by atoms with Crippen LogP contribution in [0.3, 0.4) is 0 Å². The predicted octanol–water partition coefficient (Wildman–Crippen LogP) is 3.22. The number of aromatic hydroxyl groups is 1. The number of carbonyl (C=O) groups is 2. The fourth-order valence-electron chi connectivity index (χ4n) is 2.53. The second-order valence-electron chi connectivity index (χ2n) is 6.85. The van der Waals surface area contributed by atoms with E-state index in [4.69, 9.17) is 4.74 Å². The molecule has 0 heterocycles. The van der Waals surface area contributed by atoms with E-state index in [9.17, 15) is 14.7 Å². The van der Waals surface area contributed by atoms with Crippen molar-refractivity contribution in [2.75, 3.05) is 7.11 Å². The second-order valence-corrected chi connectivity index (χ2v) is 8.01. The normalized spacial score (nSPS) is 12.1. The first-order valence-corrected chi connectivity index (χ1v) is 10.1. The Balaban J connectivity index is 2.06. The number of hydrazone groups is 1. The fourth-order valence-corrected chi connectivity index (χ4v) is 3.15. The number of phenolic OH excluding ortho intramolecular Hbond substituents is 1. The third-order valence-electron chi connectivity index (χ3n) is 4.21. The lowest BCUT2D eigenvalue weighted by atomic mass is 10.0. The molecule has 0 saturated carbocycles. The number of hydrogen-bond acceptors (Lipinski definition) is 5. The summed E-state index contributed by atoms with van der Waals surface area (Å²) in [5, 5.41) is 16.6. The average Bonchev–Trinajstić information content (AvgIpc) is 2.68. The Hall–Kier alpha value is -2.62. The minimum absolute atomic E-state index is 0.0491. The molecule has 1 atom stereocenters. The highest BCUT2D eigenvalue weighted by Gasteiger charge is 2.24. The summed E-state index contributed by atoms with van der Waals surface area (Å²) in [6, 6.07) is 9.69. The zero-order chi connectivity index (χ0) is 21.6. The molecule has 0 aliphatic heterocycles. The van der Waals surface area contributed by atoms with Gasteiger partial charge in [-0.15, -0.1) is 0 Å². The third-order valence-corrected chi connectivity index (χ3v) is 5.03. The van der Waals surface area contributed by atoms with E-state index >= 15 is 0 Å². The zero-order valence-electron chi connectivity index (χ0n) is 16.7. The van der Waals surface area contributed by atoms with Gasteiger partial charge in [0.15, 0.2) is 11.5 Å². The van der Waals surface area contributed by atoms with Gasteiger partial charge in [-0.3, -0.25) is 9.59 Å². The van der Waals surface area contributed by atoms with Gasteiger partial charge in [0.2, 0.25) is 0 Å². The Bertz CT molecular complexity index is 911. The molecule has 3 N–H and O–H groups in total. The van der Waals surface area contributed by atoms with Crippen LogP contribution in [0, 0.1) is 16.4 Å². The highest BCUT2D eigenvalue weighted by atomic mass is 127. The summed E-state index contributed by atoms with van der Waals surface area (Å²) in [6.07, 6.45) is 1.45. The van der Waals surface area contributed by atoms with Crippen LogP contribution in [-0.4, -0.2) is 36.3 Å². The van der Waals surface area contributed by atoms with E-state index in [1.807, 2.05) is 55.5 Å². The van der Waals surface area contributed by atoms with Gasteiger partial charge < -0.3 is 15.2 Å². The Morgan fingerprint density at radius 1 is 1.21 bits per heavy atom. The summed E-state index contributed by atoms with van der Waals surface area (Å²) in [6.45, 7) is 5.63. The van der Waals surface area contributed by atoms with Crippen LogP contribution < -0.4 is 15.5 Å². The largest absolute Gasteiger partial charge is 0.504 e. The lowest BCUT2D eigenvalue weighted by molar-refractivity contribution is -0.123. The maximum Gasteiger partial charge on any atom is 0.262 e. The van der Waals surface area contributed by atoms with Crippen LogP contribution in [0.25, 0.3) is 0 Å². The first kappa shape index (κ1) is 22.7. The molecule has 0 saturated heterocycles. The van der Waals surface area contributed by atoms with Crippen molar-refractivity contribution in [1.29, 1.82) is 0 Å². The molecule has 0 bridgehead atoms. The molecule has 2 rings (SSSR count). The van der Waals surface area contributed by atoms with E-state index < -0.39 is 11.9 Å². The first-order chi connectivity index (χ1) is 13.7. The van der Waals surface area contributed by atoms with Crippen LogP contribution in [-0.2, 0) is 4.79 Å². The van der Waals surface area contributed by atoms with Crippen LogP contribution in [0.15, 0.2) is 41.5 Å². The van der Waals surface area contributed by atoms with Crippen molar-refractivity contribution in [3.63, 3.8) is 0 Å². The molecule has 29 heavy (non-hydrogen) atoms. The number of nitrogens with zero attached hydrogens (tertiary/aromatic N) is 1. The van der Waals surface area contributed by atoms with Crippen LogP contribution in [0.2, 0.25) is 0 Å². The molecular formula is C21H24IN3O4. The number of carbonyl (C=O) groups excluding carboxylic acids is 2. The predicted molar refractivity (Wildman–Crippen MR) is 120 cm³/mol. The summed E-state index contributed by atoms with van der Waals surface area (Å²) < 4.78 is 5.70. The van der Waals surface area contributed by atoms with E-state index in [0.29, 0.717) is 20.4 Å². The van der Waals surface area contributed by atoms with Gasteiger partial charge in [0.25, 0.3) is 11.8 Å². The van der Waals surface area contributed by atoms with Crippen molar-refractivity contribution in [2.24, 2.45) is 11.0 Å². The number of aryl methyl sites for hydroxylation is 1. The molecule has 0 radical (unpaired) electrons. The Morgan fingerprint density at radius 3 is 2.45 bits per heavy atom. The number of methoxy groups -OCH3 is 1. The van der Waals surface area contributed by atoms with Crippen molar-refractivity contribution in [1.82, 2.24) is 10.7 Å². The molecule has 2 amide bonds. The van der Waals surface area contributed by atoms with Gasteiger partial charge in [-0.25, -0.2) is 5.43 Å². The van der Waals surface area contributed by atoms with Gasteiger partial charge in [0.1, 0.15) is 6.04 Å². The number of rotatable bonds is 7. The van der Waals surface area contributed by atoms with E-state index in [0.717, 1.165) is 5.56 Å². The summed E-state index contributed by atoms with van der Waals surface area (Å²) in [5.74, 6) is -0.504. The molecular weight excluding hydrogens is 485 g/mol. The minimum atomic E-state index is -0.740. The smallest absolute Gasteiger partial charge is 0.262 e. The minimum Gasteiger partial charge on any atom is -0.504 e. The highest BCUT2D eigenvalue weighted by molar-refractivity contribution is 14.1.